The number of aliphatic carboxylic acids is 1. The standard InChI is InChI=1S/C19H19N3O3S/c23-17(24)10-5-11-20-18(25)14-7-2-1-6-13(14)12-26-19-21-15-8-3-4-9-16(15)22-19/h1-4,6-9H,5,10-12H2,(H,20,25)(H,21,22)(H,23,24). The summed E-state index contributed by atoms with van der Waals surface area (Å²) >= 11 is 1.54. The molecule has 0 aliphatic heterocycles. The van der Waals surface area contributed by atoms with E-state index in [2.05, 4.69) is 15.3 Å². The molecule has 0 spiro atoms. The molecule has 0 aliphatic carbocycles. The molecule has 3 aromatic rings. The molecule has 6 nitrogen and oxygen atoms in total. The van der Waals surface area contributed by atoms with Crippen molar-refractivity contribution in [2.45, 2.75) is 23.8 Å². The second-order valence-corrected chi connectivity index (χ2v) is 6.72. The lowest BCUT2D eigenvalue weighted by atomic mass is 10.1. The number of hydrogen-bond donors (Lipinski definition) is 3. The number of benzene rings is 2. The van der Waals surface area contributed by atoms with Gasteiger partial charge in [0, 0.05) is 24.3 Å². The van der Waals surface area contributed by atoms with Crippen molar-refractivity contribution in [3.63, 3.8) is 0 Å². The Hall–Kier alpha value is -2.80. The zero-order chi connectivity index (χ0) is 18.4. The van der Waals surface area contributed by atoms with E-state index >= 15 is 0 Å². The van der Waals surface area contributed by atoms with E-state index in [-0.39, 0.29) is 12.3 Å². The van der Waals surface area contributed by atoms with Gasteiger partial charge >= 0.3 is 5.97 Å². The molecule has 0 aliphatic rings. The summed E-state index contributed by atoms with van der Waals surface area (Å²) in [6.45, 7) is 0.343. The molecule has 0 unspecified atom stereocenters. The molecule has 0 atom stereocenters. The molecule has 1 aromatic heterocycles. The van der Waals surface area contributed by atoms with Gasteiger partial charge in [-0.1, -0.05) is 42.1 Å². The Bertz CT molecular complexity index is 890. The quantitative estimate of drug-likeness (QED) is 0.418. The SMILES string of the molecule is O=C(O)CCCNC(=O)c1ccccc1CSc1nc2ccccc2[nH]1. The van der Waals surface area contributed by atoms with Crippen LogP contribution in [0.4, 0.5) is 0 Å². The van der Waals surface area contributed by atoms with E-state index in [0.717, 1.165) is 21.8 Å². The van der Waals surface area contributed by atoms with Crippen LogP contribution in [0.2, 0.25) is 0 Å². The minimum Gasteiger partial charge on any atom is -0.481 e. The van der Waals surface area contributed by atoms with Gasteiger partial charge in [-0.3, -0.25) is 9.59 Å². The fourth-order valence-electron chi connectivity index (χ4n) is 2.55. The zero-order valence-electron chi connectivity index (χ0n) is 14.1. The second-order valence-electron chi connectivity index (χ2n) is 5.76. The lowest BCUT2D eigenvalue weighted by molar-refractivity contribution is -0.137. The van der Waals surface area contributed by atoms with Crippen LogP contribution in [0.15, 0.2) is 53.7 Å². The number of rotatable bonds is 8. The molecule has 0 fully saturated rings. The summed E-state index contributed by atoms with van der Waals surface area (Å²) in [4.78, 5) is 30.7. The number of H-pyrrole nitrogens is 1. The Morgan fingerprint density at radius 3 is 2.69 bits per heavy atom. The normalized spacial score (nSPS) is 10.8. The molecule has 3 rings (SSSR count). The molecule has 0 bridgehead atoms. The first-order valence-electron chi connectivity index (χ1n) is 8.29. The maximum atomic E-state index is 12.4. The third kappa shape index (κ3) is 4.64. The molecule has 2 aromatic carbocycles. The smallest absolute Gasteiger partial charge is 0.303 e. The van der Waals surface area contributed by atoms with Crippen molar-refractivity contribution >= 4 is 34.7 Å². The Morgan fingerprint density at radius 1 is 1.12 bits per heavy atom. The van der Waals surface area contributed by atoms with Crippen molar-refractivity contribution in [3.05, 3.63) is 59.7 Å². The minimum atomic E-state index is -0.859. The van der Waals surface area contributed by atoms with Gasteiger partial charge in [-0.05, 0) is 30.2 Å². The molecular weight excluding hydrogens is 350 g/mol. The maximum Gasteiger partial charge on any atom is 0.303 e. The van der Waals surface area contributed by atoms with E-state index < -0.39 is 5.97 Å². The molecule has 26 heavy (non-hydrogen) atoms. The summed E-state index contributed by atoms with van der Waals surface area (Å²) in [5.41, 5.74) is 3.42. The average Bonchev–Trinajstić information content (AvgIpc) is 3.06. The number of thioether (sulfide) groups is 1. The number of nitrogens with zero attached hydrogens (tertiary/aromatic N) is 1. The highest BCUT2D eigenvalue weighted by Crippen LogP contribution is 2.24. The lowest BCUT2D eigenvalue weighted by Gasteiger charge is -2.09. The highest BCUT2D eigenvalue weighted by atomic mass is 32.2. The number of fused-ring (bicyclic) bond motifs is 1. The van der Waals surface area contributed by atoms with Crippen molar-refractivity contribution in [2.24, 2.45) is 0 Å². The highest BCUT2D eigenvalue weighted by Gasteiger charge is 2.12. The number of nitrogens with one attached hydrogen (secondary N) is 2. The van der Waals surface area contributed by atoms with Gasteiger partial charge in [-0.15, -0.1) is 0 Å². The molecule has 134 valence electrons. The molecule has 0 saturated carbocycles. The number of carbonyl (C=O) groups excluding carboxylic acids is 1. The van der Waals surface area contributed by atoms with Crippen LogP contribution in [-0.4, -0.2) is 33.5 Å². The zero-order valence-corrected chi connectivity index (χ0v) is 14.9. The van der Waals surface area contributed by atoms with Crippen molar-refractivity contribution in [2.75, 3.05) is 6.54 Å². The van der Waals surface area contributed by atoms with Crippen molar-refractivity contribution < 1.29 is 14.7 Å². The predicted molar refractivity (Wildman–Crippen MR) is 101 cm³/mol. The average molecular weight is 369 g/mol. The topological polar surface area (TPSA) is 95.1 Å². The number of imidazole rings is 1. The number of carboxylic acids is 1. The number of para-hydroxylation sites is 2. The molecule has 7 heteroatoms. The summed E-state index contributed by atoms with van der Waals surface area (Å²) in [7, 11) is 0. The van der Waals surface area contributed by atoms with Crippen LogP contribution in [0.25, 0.3) is 11.0 Å². The minimum absolute atomic E-state index is 0.0455. The van der Waals surface area contributed by atoms with Gasteiger partial charge in [-0.2, -0.15) is 0 Å². The van der Waals surface area contributed by atoms with Crippen molar-refractivity contribution in [1.82, 2.24) is 15.3 Å². The third-order valence-electron chi connectivity index (χ3n) is 3.85. The van der Waals surface area contributed by atoms with Gasteiger partial charge in [0.05, 0.1) is 11.0 Å². The Morgan fingerprint density at radius 2 is 1.88 bits per heavy atom. The first kappa shape index (κ1) is 18.0. The van der Waals surface area contributed by atoms with E-state index in [9.17, 15) is 9.59 Å². The highest BCUT2D eigenvalue weighted by molar-refractivity contribution is 7.98. The van der Waals surface area contributed by atoms with Gasteiger partial charge in [0.2, 0.25) is 0 Å². The van der Waals surface area contributed by atoms with E-state index in [4.69, 9.17) is 5.11 Å². The maximum absolute atomic E-state index is 12.4. The van der Waals surface area contributed by atoms with Crippen molar-refractivity contribution in [1.29, 1.82) is 0 Å². The van der Waals surface area contributed by atoms with Crippen LogP contribution >= 0.6 is 11.8 Å². The number of carboxylic acid groups (broad SMARTS) is 1. The largest absolute Gasteiger partial charge is 0.481 e. The van der Waals surface area contributed by atoms with Crippen LogP contribution in [0, 0.1) is 0 Å². The monoisotopic (exact) mass is 369 g/mol. The number of amides is 1. The predicted octanol–water partition coefficient (Wildman–Crippen LogP) is 3.45. The van der Waals surface area contributed by atoms with Gasteiger partial charge < -0.3 is 15.4 Å². The summed E-state index contributed by atoms with van der Waals surface area (Å²) in [5.74, 6) is -0.434. The first-order valence-corrected chi connectivity index (χ1v) is 9.27. The lowest BCUT2D eigenvalue weighted by Crippen LogP contribution is -2.25. The fourth-order valence-corrected chi connectivity index (χ4v) is 3.44. The van der Waals surface area contributed by atoms with E-state index in [1.807, 2.05) is 42.5 Å². The number of aromatic nitrogens is 2. The third-order valence-corrected chi connectivity index (χ3v) is 4.77. The molecule has 0 saturated heterocycles. The Labute approximate surface area is 155 Å². The number of aromatic amines is 1. The van der Waals surface area contributed by atoms with Crippen molar-refractivity contribution in [3.8, 4) is 0 Å². The van der Waals surface area contributed by atoms with Gasteiger partial charge in [-0.25, -0.2) is 4.98 Å². The first-order chi connectivity index (χ1) is 12.6. The van der Waals surface area contributed by atoms with Crippen LogP contribution in [0.1, 0.15) is 28.8 Å². The van der Waals surface area contributed by atoms with Crippen LogP contribution < -0.4 is 5.32 Å². The Balaban J connectivity index is 1.63. The van der Waals surface area contributed by atoms with Gasteiger partial charge in [0.15, 0.2) is 5.16 Å². The van der Waals surface area contributed by atoms with Gasteiger partial charge in [0.25, 0.3) is 5.91 Å². The number of carbonyl (C=O) groups is 2. The van der Waals surface area contributed by atoms with E-state index in [1.165, 1.54) is 11.8 Å². The van der Waals surface area contributed by atoms with Crippen LogP contribution in [-0.2, 0) is 10.5 Å². The van der Waals surface area contributed by atoms with E-state index in [1.54, 1.807) is 6.07 Å². The van der Waals surface area contributed by atoms with Gasteiger partial charge in [0.1, 0.15) is 0 Å². The molecule has 3 N–H and O–H groups in total. The summed E-state index contributed by atoms with van der Waals surface area (Å²) in [6, 6.07) is 15.3. The van der Waals surface area contributed by atoms with E-state index in [0.29, 0.717) is 24.3 Å². The molecular formula is C19H19N3O3S. The molecule has 1 amide bonds. The summed E-state index contributed by atoms with van der Waals surface area (Å²) in [5, 5.41) is 12.2. The summed E-state index contributed by atoms with van der Waals surface area (Å²) < 4.78 is 0. The second kappa shape index (κ2) is 8.53. The molecule has 0 radical (unpaired) electrons. The summed E-state index contributed by atoms with van der Waals surface area (Å²) in [6.07, 6.45) is 0.459. The fraction of sp³-hybridized carbons (Fsp3) is 0.211. The number of hydrogen-bond acceptors (Lipinski definition) is 4. The van der Waals surface area contributed by atoms with Crippen LogP contribution in [0.3, 0.4) is 0 Å². The van der Waals surface area contributed by atoms with Crippen LogP contribution in [0.5, 0.6) is 0 Å². The molecule has 1 heterocycles. The Kier molecular flexibility index (Phi) is 5.91.